The molecular weight excluding hydrogens is 242 g/mol. The summed E-state index contributed by atoms with van der Waals surface area (Å²) < 4.78 is 0. The highest BCUT2D eigenvalue weighted by molar-refractivity contribution is 5.82. The summed E-state index contributed by atoms with van der Waals surface area (Å²) in [4.78, 5) is 25.0. The largest absolute Gasteiger partial charge is 0.369 e. The van der Waals surface area contributed by atoms with Crippen molar-refractivity contribution in [1.29, 1.82) is 0 Å². The molecule has 1 aliphatic rings. The molecule has 1 fully saturated rings. The average Bonchev–Trinajstić information content (AvgIpc) is 2.40. The van der Waals surface area contributed by atoms with Gasteiger partial charge in [-0.05, 0) is 24.9 Å². The SMILES string of the molecule is NC(=O)C1CCCN(C(C(N)=O)c2ccccc2)C1. The van der Waals surface area contributed by atoms with Gasteiger partial charge in [-0.2, -0.15) is 0 Å². The Morgan fingerprint density at radius 2 is 1.89 bits per heavy atom. The number of nitrogens with two attached hydrogens (primary N) is 2. The first-order valence-corrected chi connectivity index (χ1v) is 6.47. The molecule has 2 amide bonds. The Kier molecular flexibility index (Phi) is 4.16. The van der Waals surface area contributed by atoms with Crippen LogP contribution in [0.3, 0.4) is 0 Å². The summed E-state index contributed by atoms with van der Waals surface area (Å²) in [7, 11) is 0. The molecule has 1 aliphatic heterocycles. The van der Waals surface area contributed by atoms with Crippen molar-refractivity contribution in [3.63, 3.8) is 0 Å². The van der Waals surface area contributed by atoms with Gasteiger partial charge in [0.05, 0.1) is 5.92 Å². The van der Waals surface area contributed by atoms with Gasteiger partial charge in [0.1, 0.15) is 6.04 Å². The van der Waals surface area contributed by atoms with Gasteiger partial charge in [-0.1, -0.05) is 30.3 Å². The normalized spacial score (nSPS) is 21.8. The second-order valence-corrected chi connectivity index (χ2v) is 4.95. The standard InChI is InChI=1S/C14H19N3O2/c15-13(18)11-7-4-8-17(9-11)12(14(16)19)10-5-2-1-3-6-10/h1-3,5-6,11-12H,4,7-9H2,(H2,15,18)(H2,16,19). The summed E-state index contributed by atoms with van der Waals surface area (Å²) >= 11 is 0. The van der Waals surface area contributed by atoms with Crippen molar-refractivity contribution < 1.29 is 9.59 Å². The number of carbonyl (C=O) groups is 2. The van der Waals surface area contributed by atoms with E-state index in [0.29, 0.717) is 6.54 Å². The van der Waals surface area contributed by atoms with Gasteiger partial charge in [-0.25, -0.2) is 0 Å². The smallest absolute Gasteiger partial charge is 0.239 e. The van der Waals surface area contributed by atoms with E-state index in [4.69, 9.17) is 11.5 Å². The highest BCUT2D eigenvalue weighted by atomic mass is 16.2. The molecule has 4 N–H and O–H groups in total. The first kappa shape index (κ1) is 13.5. The molecule has 0 radical (unpaired) electrons. The summed E-state index contributed by atoms with van der Waals surface area (Å²) in [5, 5.41) is 0. The molecule has 2 atom stereocenters. The first-order chi connectivity index (χ1) is 9.09. The zero-order valence-electron chi connectivity index (χ0n) is 10.8. The first-order valence-electron chi connectivity index (χ1n) is 6.47. The summed E-state index contributed by atoms with van der Waals surface area (Å²) in [5.74, 6) is -0.892. The quantitative estimate of drug-likeness (QED) is 0.822. The van der Waals surface area contributed by atoms with E-state index in [0.717, 1.165) is 24.9 Å². The number of rotatable bonds is 4. The number of hydrogen-bond acceptors (Lipinski definition) is 3. The molecule has 2 unspecified atom stereocenters. The van der Waals surface area contributed by atoms with Crippen molar-refractivity contribution in [2.75, 3.05) is 13.1 Å². The third kappa shape index (κ3) is 3.12. The predicted molar refractivity (Wildman–Crippen MR) is 71.9 cm³/mol. The molecule has 1 aromatic carbocycles. The van der Waals surface area contributed by atoms with Crippen molar-refractivity contribution in [3.8, 4) is 0 Å². The highest BCUT2D eigenvalue weighted by Crippen LogP contribution is 2.26. The van der Waals surface area contributed by atoms with E-state index >= 15 is 0 Å². The van der Waals surface area contributed by atoms with E-state index in [-0.39, 0.29) is 11.8 Å². The zero-order chi connectivity index (χ0) is 13.8. The van der Waals surface area contributed by atoms with Crippen LogP contribution in [0, 0.1) is 5.92 Å². The maximum absolute atomic E-state index is 11.7. The number of nitrogens with zero attached hydrogens (tertiary/aromatic N) is 1. The fraction of sp³-hybridized carbons (Fsp3) is 0.429. The Morgan fingerprint density at radius 3 is 2.47 bits per heavy atom. The van der Waals surface area contributed by atoms with Gasteiger partial charge in [0.2, 0.25) is 11.8 Å². The lowest BCUT2D eigenvalue weighted by Gasteiger charge is -2.35. The maximum atomic E-state index is 11.7. The Hall–Kier alpha value is -1.88. The van der Waals surface area contributed by atoms with Gasteiger partial charge >= 0.3 is 0 Å². The van der Waals surface area contributed by atoms with E-state index in [9.17, 15) is 9.59 Å². The third-order valence-corrected chi connectivity index (χ3v) is 3.61. The van der Waals surface area contributed by atoms with Crippen LogP contribution in [-0.4, -0.2) is 29.8 Å². The minimum Gasteiger partial charge on any atom is -0.369 e. The number of carbonyl (C=O) groups excluding carboxylic acids is 2. The average molecular weight is 261 g/mol. The topological polar surface area (TPSA) is 89.4 Å². The molecule has 0 bridgehead atoms. The molecular formula is C14H19N3O2. The number of benzene rings is 1. The molecule has 2 rings (SSSR count). The molecule has 5 heteroatoms. The summed E-state index contributed by atoms with van der Waals surface area (Å²) in [6.45, 7) is 1.25. The van der Waals surface area contributed by atoms with Gasteiger partial charge in [0.15, 0.2) is 0 Å². The fourth-order valence-electron chi connectivity index (χ4n) is 2.66. The van der Waals surface area contributed by atoms with Crippen LogP contribution in [0.4, 0.5) is 0 Å². The summed E-state index contributed by atoms with van der Waals surface area (Å²) in [6, 6.07) is 8.92. The van der Waals surface area contributed by atoms with E-state index < -0.39 is 11.9 Å². The van der Waals surface area contributed by atoms with Crippen LogP contribution < -0.4 is 11.5 Å². The van der Waals surface area contributed by atoms with Gasteiger partial charge < -0.3 is 11.5 Å². The second kappa shape index (κ2) is 5.84. The minimum atomic E-state index is -0.483. The molecule has 1 saturated heterocycles. The van der Waals surface area contributed by atoms with Crippen molar-refractivity contribution in [3.05, 3.63) is 35.9 Å². The molecule has 102 valence electrons. The number of amides is 2. The molecule has 0 saturated carbocycles. The van der Waals surface area contributed by atoms with Crippen LogP contribution in [-0.2, 0) is 9.59 Å². The molecule has 0 aromatic heterocycles. The third-order valence-electron chi connectivity index (χ3n) is 3.61. The van der Waals surface area contributed by atoms with Gasteiger partial charge in [0, 0.05) is 6.54 Å². The molecule has 0 aliphatic carbocycles. The van der Waals surface area contributed by atoms with Gasteiger partial charge in [-0.3, -0.25) is 14.5 Å². The van der Waals surface area contributed by atoms with Crippen LogP contribution in [0.15, 0.2) is 30.3 Å². The monoisotopic (exact) mass is 261 g/mol. The number of piperidine rings is 1. The second-order valence-electron chi connectivity index (χ2n) is 4.95. The van der Waals surface area contributed by atoms with Crippen LogP contribution in [0.1, 0.15) is 24.4 Å². The van der Waals surface area contributed by atoms with Crippen molar-refractivity contribution in [2.45, 2.75) is 18.9 Å². The molecule has 1 aromatic rings. The van der Waals surface area contributed by atoms with Crippen molar-refractivity contribution in [1.82, 2.24) is 4.90 Å². The fourth-order valence-corrected chi connectivity index (χ4v) is 2.66. The summed E-state index contributed by atoms with van der Waals surface area (Å²) in [5.41, 5.74) is 11.7. The van der Waals surface area contributed by atoms with E-state index in [1.807, 2.05) is 35.2 Å². The van der Waals surface area contributed by atoms with Crippen molar-refractivity contribution in [2.24, 2.45) is 17.4 Å². The number of primary amides is 2. The Bertz CT molecular complexity index is 461. The lowest BCUT2D eigenvalue weighted by atomic mass is 9.94. The Balaban J connectivity index is 2.20. The number of hydrogen-bond donors (Lipinski definition) is 2. The van der Waals surface area contributed by atoms with E-state index in [1.165, 1.54) is 0 Å². The minimum absolute atomic E-state index is 0.195. The zero-order valence-corrected chi connectivity index (χ0v) is 10.8. The van der Waals surface area contributed by atoms with Crippen LogP contribution >= 0.6 is 0 Å². The number of likely N-dealkylation sites (tertiary alicyclic amines) is 1. The Morgan fingerprint density at radius 1 is 1.21 bits per heavy atom. The van der Waals surface area contributed by atoms with Crippen molar-refractivity contribution >= 4 is 11.8 Å². The van der Waals surface area contributed by atoms with Crippen LogP contribution in [0.25, 0.3) is 0 Å². The van der Waals surface area contributed by atoms with E-state index in [2.05, 4.69) is 0 Å². The van der Waals surface area contributed by atoms with Gasteiger partial charge in [0.25, 0.3) is 0 Å². The Labute approximate surface area is 112 Å². The molecule has 1 heterocycles. The lowest BCUT2D eigenvalue weighted by Crippen LogP contribution is -2.46. The van der Waals surface area contributed by atoms with E-state index in [1.54, 1.807) is 0 Å². The summed E-state index contributed by atoms with van der Waals surface area (Å²) in [6.07, 6.45) is 1.64. The molecule has 0 spiro atoms. The predicted octanol–water partition coefficient (Wildman–Crippen LogP) is 0.410. The highest BCUT2D eigenvalue weighted by Gasteiger charge is 2.32. The lowest BCUT2D eigenvalue weighted by molar-refractivity contribution is -0.128. The van der Waals surface area contributed by atoms with Gasteiger partial charge in [-0.15, -0.1) is 0 Å². The molecule has 19 heavy (non-hydrogen) atoms. The molecule has 5 nitrogen and oxygen atoms in total. The maximum Gasteiger partial charge on any atom is 0.239 e. The van der Waals surface area contributed by atoms with Crippen LogP contribution in [0.5, 0.6) is 0 Å². The van der Waals surface area contributed by atoms with Crippen LogP contribution in [0.2, 0.25) is 0 Å².